The summed E-state index contributed by atoms with van der Waals surface area (Å²) >= 11 is 0. The lowest BCUT2D eigenvalue weighted by Crippen LogP contribution is -2.63. The van der Waals surface area contributed by atoms with Crippen LogP contribution in [0.5, 0.6) is 0 Å². The van der Waals surface area contributed by atoms with Crippen LogP contribution in [0.4, 0.5) is 0 Å². The molecule has 3 fully saturated rings. The molecule has 0 aromatic heterocycles. The third kappa shape index (κ3) is 3.86. The SMILES string of the molecule is CC(=O)OC1(OC(C)=O)CCCC2=CC[C@H]3[C@@H]4CC[C@H]([C@H](C)CCCO)[C@@]4(C)CC[C@@H]3[C@]21C. The molecule has 0 heterocycles. The van der Waals surface area contributed by atoms with Crippen LogP contribution in [0.3, 0.4) is 0 Å². The number of allylic oxidation sites excluding steroid dienone is 1. The summed E-state index contributed by atoms with van der Waals surface area (Å²) in [5.74, 6) is 0.897. The average molecular weight is 461 g/mol. The highest BCUT2D eigenvalue weighted by molar-refractivity contribution is 5.69. The highest BCUT2D eigenvalue weighted by Crippen LogP contribution is 2.69. The molecule has 0 spiro atoms. The highest BCUT2D eigenvalue weighted by Gasteiger charge is 2.67. The molecule has 33 heavy (non-hydrogen) atoms. The topological polar surface area (TPSA) is 72.8 Å². The summed E-state index contributed by atoms with van der Waals surface area (Å²) in [5.41, 5.74) is 1.18. The summed E-state index contributed by atoms with van der Waals surface area (Å²) in [6.45, 7) is 10.3. The molecule has 0 aromatic carbocycles. The smallest absolute Gasteiger partial charge is 0.305 e. The van der Waals surface area contributed by atoms with Crippen molar-refractivity contribution >= 4 is 11.9 Å². The molecule has 1 N–H and O–H groups in total. The van der Waals surface area contributed by atoms with Crippen molar-refractivity contribution in [1.82, 2.24) is 0 Å². The highest BCUT2D eigenvalue weighted by atomic mass is 16.7. The summed E-state index contributed by atoms with van der Waals surface area (Å²) in [6, 6.07) is 0. The van der Waals surface area contributed by atoms with Gasteiger partial charge in [-0.3, -0.25) is 9.59 Å². The summed E-state index contributed by atoms with van der Waals surface area (Å²) in [6.07, 6.45) is 12.7. The van der Waals surface area contributed by atoms with Gasteiger partial charge in [0, 0.05) is 26.9 Å². The van der Waals surface area contributed by atoms with E-state index in [0.717, 1.165) is 38.5 Å². The van der Waals surface area contributed by atoms with E-state index in [1.165, 1.54) is 38.7 Å². The van der Waals surface area contributed by atoms with E-state index >= 15 is 0 Å². The van der Waals surface area contributed by atoms with Gasteiger partial charge in [-0.1, -0.05) is 25.5 Å². The van der Waals surface area contributed by atoms with Crippen LogP contribution in [0.15, 0.2) is 11.6 Å². The Morgan fingerprint density at radius 1 is 1.09 bits per heavy atom. The van der Waals surface area contributed by atoms with Gasteiger partial charge in [-0.25, -0.2) is 0 Å². The first-order valence-electron chi connectivity index (χ1n) is 13.3. The predicted molar refractivity (Wildman–Crippen MR) is 127 cm³/mol. The zero-order valence-electron chi connectivity index (χ0n) is 21.3. The number of esters is 2. The van der Waals surface area contributed by atoms with Crippen LogP contribution in [-0.2, 0) is 19.1 Å². The van der Waals surface area contributed by atoms with Crippen molar-refractivity contribution in [3.63, 3.8) is 0 Å². The molecule has 4 aliphatic rings. The van der Waals surface area contributed by atoms with E-state index in [-0.39, 0.29) is 18.5 Å². The van der Waals surface area contributed by atoms with E-state index in [0.29, 0.717) is 41.4 Å². The number of carbonyl (C=O) groups excluding carboxylic acids is 2. The quantitative estimate of drug-likeness (QED) is 0.308. The zero-order valence-corrected chi connectivity index (χ0v) is 21.3. The number of hydrogen-bond donors (Lipinski definition) is 1. The van der Waals surface area contributed by atoms with Crippen molar-refractivity contribution in [2.24, 2.45) is 40.4 Å². The Hall–Kier alpha value is -1.36. The van der Waals surface area contributed by atoms with E-state index < -0.39 is 11.2 Å². The fourth-order valence-electron chi connectivity index (χ4n) is 9.11. The van der Waals surface area contributed by atoms with E-state index in [1.54, 1.807) is 0 Å². The molecule has 5 nitrogen and oxygen atoms in total. The lowest BCUT2D eigenvalue weighted by atomic mass is 9.45. The maximum absolute atomic E-state index is 12.3. The number of hydrogen-bond acceptors (Lipinski definition) is 5. The molecule has 5 heteroatoms. The van der Waals surface area contributed by atoms with E-state index in [4.69, 9.17) is 9.47 Å². The van der Waals surface area contributed by atoms with Crippen molar-refractivity contribution in [2.45, 2.75) is 105 Å². The van der Waals surface area contributed by atoms with Crippen molar-refractivity contribution in [2.75, 3.05) is 6.61 Å². The monoisotopic (exact) mass is 460 g/mol. The third-order valence-corrected chi connectivity index (χ3v) is 10.4. The molecule has 186 valence electrons. The standard InChI is InChI=1S/C28H44O5/c1-18(8-7-17-29)23-12-13-24-22-11-10-21-9-6-15-28(32-19(2)30,33-20(3)31)27(21,5)25(22)14-16-26(23,24)4/h10,18,22-25,29H,6-9,11-17H2,1-5H3/t18-,22+,23-,24+,25+,26-,27+/m1/s1. The molecule has 0 bridgehead atoms. The van der Waals surface area contributed by atoms with Gasteiger partial charge < -0.3 is 14.6 Å². The van der Waals surface area contributed by atoms with Gasteiger partial charge in [0.2, 0.25) is 0 Å². The minimum Gasteiger partial charge on any atom is -0.422 e. The molecule has 0 radical (unpaired) electrons. The Morgan fingerprint density at radius 3 is 2.42 bits per heavy atom. The van der Waals surface area contributed by atoms with Gasteiger partial charge in [0.1, 0.15) is 0 Å². The van der Waals surface area contributed by atoms with Gasteiger partial charge >= 0.3 is 11.9 Å². The fourth-order valence-corrected chi connectivity index (χ4v) is 9.11. The summed E-state index contributed by atoms with van der Waals surface area (Å²) < 4.78 is 12.0. The Bertz CT molecular complexity index is 786. The molecule has 4 rings (SSSR count). The van der Waals surface area contributed by atoms with Gasteiger partial charge in [0.05, 0.1) is 5.41 Å². The minimum absolute atomic E-state index is 0.280. The Balaban J connectivity index is 1.69. The lowest BCUT2D eigenvalue weighted by Gasteiger charge is -2.62. The molecule has 0 unspecified atom stereocenters. The first-order valence-corrected chi connectivity index (χ1v) is 13.3. The van der Waals surface area contributed by atoms with Gasteiger partial charge in [0.25, 0.3) is 5.79 Å². The van der Waals surface area contributed by atoms with Crippen molar-refractivity contribution in [1.29, 1.82) is 0 Å². The maximum Gasteiger partial charge on any atom is 0.305 e. The lowest BCUT2D eigenvalue weighted by molar-refractivity contribution is -0.289. The molecule has 0 aliphatic heterocycles. The van der Waals surface area contributed by atoms with E-state index in [9.17, 15) is 14.7 Å². The molecular weight excluding hydrogens is 416 g/mol. The van der Waals surface area contributed by atoms with Crippen LogP contribution in [0, 0.1) is 40.4 Å². The predicted octanol–water partition coefficient (Wildman–Crippen LogP) is 5.80. The van der Waals surface area contributed by atoms with Crippen molar-refractivity contribution in [3.8, 4) is 0 Å². The normalized spacial score (nSPS) is 40.0. The van der Waals surface area contributed by atoms with Crippen molar-refractivity contribution < 1.29 is 24.2 Å². The molecule has 0 saturated heterocycles. The molecule has 4 aliphatic carbocycles. The van der Waals surface area contributed by atoms with Gasteiger partial charge in [-0.2, -0.15) is 0 Å². The van der Waals surface area contributed by atoms with E-state index in [2.05, 4.69) is 26.8 Å². The molecule has 3 saturated carbocycles. The number of rotatable bonds is 6. The summed E-state index contributed by atoms with van der Waals surface area (Å²) in [7, 11) is 0. The van der Waals surface area contributed by atoms with Gasteiger partial charge in [-0.05, 0) is 99.7 Å². The first-order chi connectivity index (χ1) is 15.6. The number of aliphatic hydroxyl groups is 1. The van der Waals surface area contributed by atoms with Crippen LogP contribution in [0.25, 0.3) is 0 Å². The van der Waals surface area contributed by atoms with Crippen LogP contribution in [0.2, 0.25) is 0 Å². The minimum atomic E-state index is -1.20. The zero-order chi connectivity index (χ0) is 24.0. The second-order valence-electron chi connectivity index (χ2n) is 11.9. The van der Waals surface area contributed by atoms with Crippen LogP contribution in [0.1, 0.15) is 98.8 Å². The third-order valence-electron chi connectivity index (χ3n) is 10.4. The second-order valence-corrected chi connectivity index (χ2v) is 11.9. The largest absolute Gasteiger partial charge is 0.422 e. The number of carbonyl (C=O) groups is 2. The summed E-state index contributed by atoms with van der Waals surface area (Å²) in [5, 5.41) is 9.34. The van der Waals surface area contributed by atoms with Crippen LogP contribution in [-0.4, -0.2) is 29.4 Å². The second kappa shape index (κ2) is 9.02. The van der Waals surface area contributed by atoms with Gasteiger partial charge in [-0.15, -0.1) is 0 Å². The number of ether oxygens (including phenoxy) is 2. The summed E-state index contributed by atoms with van der Waals surface area (Å²) in [4.78, 5) is 24.5. The van der Waals surface area contributed by atoms with Crippen LogP contribution >= 0.6 is 0 Å². The Morgan fingerprint density at radius 2 is 1.79 bits per heavy atom. The van der Waals surface area contributed by atoms with Gasteiger partial charge in [0.15, 0.2) is 0 Å². The van der Waals surface area contributed by atoms with E-state index in [1.807, 2.05) is 0 Å². The average Bonchev–Trinajstić information content (AvgIpc) is 3.09. The van der Waals surface area contributed by atoms with Crippen LogP contribution < -0.4 is 0 Å². The Kier molecular flexibility index (Phi) is 6.76. The number of aliphatic hydroxyl groups excluding tert-OH is 1. The van der Waals surface area contributed by atoms with Crippen molar-refractivity contribution in [3.05, 3.63) is 11.6 Å². The molecule has 0 aromatic rings. The maximum atomic E-state index is 12.3. The Labute approximate surface area is 199 Å². The fraction of sp³-hybridized carbons (Fsp3) is 0.857. The molecular formula is C28H44O5. The number of fused-ring (bicyclic) bond motifs is 5. The molecule has 0 amide bonds. The molecule has 7 atom stereocenters. The first kappa shape index (κ1) is 24.8.